The lowest BCUT2D eigenvalue weighted by Crippen LogP contribution is -2.59. The predicted octanol–water partition coefficient (Wildman–Crippen LogP) is 1.45. The third kappa shape index (κ3) is 6.07. The Morgan fingerprint density at radius 1 is 1.07 bits per heavy atom. The Balaban J connectivity index is 1.51. The van der Waals surface area contributed by atoms with E-state index in [4.69, 9.17) is 11.6 Å². The molecule has 2 heterocycles. The number of aliphatic hydroxyl groups excluding tert-OH is 1. The van der Waals surface area contributed by atoms with Gasteiger partial charge in [0.25, 0.3) is 0 Å². The summed E-state index contributed by atoms with van der Waals surface area (Å²) in [6.45, 7) is 6.60. The molecule has 2 aliphatic heterocycles. The maximum atomic E-state index is 13.0. The van der Waals surface area contributed by atoms with Gasteiger partial charge in [-0.15, -0.1) is 0 Å². The molecule has 0 aromatic heterocycles. The summed E-state index contributed by atoms with van der Waals surface area (Å²) in [5.74, 6) is -0.251. The molecule has 0 saturated carbocycles. The van der Waals surface area contributed by atoms with E-state index in [0.717, 1.165) is 39.0 Å². The number of aliphatic hydroxyl groups is 1. The average molecular weight is 438 g/mol. The van der Waals surface area contributed by atoms with Crippen molar-refractivity contribution in [3.05, 3.63) is 29.3 Å². The molecule has 166 valence electrons. The zero-order chi connectivity index (χ0) is 21.7. The summed E-state index contributed by atoms with van der Waals surface area (Å²) >= 11 is 5.85. The number of urea groups is 1. The van der Waals surface area contributed by atoms with E-state index in [1.807, 2.05) is 0 Å². The minimum absolute atomic E-state index is 0.251. The molecule has 1 aromatic carbocycles. The third-order valence-electron chi connectivity index (χ3n) is 5.97. The third-order valence-corrected chi connectivity index (χ3v) is 6.22. The molecule has 3 amide bonds. The SMILES string of the molecule is CC(O)C(NC(=O)Nc1ccc(Cl)cc1)C(=O)N1CCN(C2CCN(C)CC2)CC1. The van der Waals surface area contributed by atoms with Crippen LogP contribution in [0, 0.1) is 0 Å². The second kappa shape index (κ2) is 10.4. The summed E-state index contributed by atoms with van der Waals surface area (Å²) in [4.78, 5) is 31.9. The van der Waals surface area contributed by atoms with Crippen LogP contribution in [0.15, 0.2) is 24.3 Å². The van der Waals surface area contributed by atoms with Crippen LogP contribution < -0.4 is 10.6 Å². The van der Waals surface area contributed by atoms with Gasteiger partial charge in [-0.3, -0.25) is 9.69 Å². The zero-order valence-electron chi connectivity index (χ0n) is 17.7. The molecule has 0 bridgehead atoms. The lowest BCUT2D eigenvalue weighted by molar-refractivity contribution is -0.137. The van der Waals surface area contributed by atoms with Crippen LogP contribution in [0.2, 0.25) is 5.02 Å². The van der Waals surface area contributed by atoms with E-state index < -0.39 is 18.2 Å². The molecule has 2 unspecified atom stereocenters. The number of carbonyl (C=O) groups excluding carboxylic acids is 2. The van der Waals surface area contributed by atoms with Gasteiger partial charge >= 0.3 is 6.03 Å². The fourth-order valence-electron chi connectivity index (χ4n) is 4.09. The van der Waals surface area contributed by atoms with E-state index in [1.54, 1.807) is 29.2 Å². The summed E-state index contributed by atoms with van der Waals surface area (Å²) in [5, 5.41) is 16.0. The fourth-order valence-corrected chi connectivity index (χ4v) is 4.22. The normalized spacial score (nSPS) is 21.1. The first-order valence-electron chi connectivity index (χ1n) is 10.6. The lowest BCUT2D eigenvalue weighted by Gasteiger charge is -2.43. The number of piperazine rings is 1. The Hall–Kier alpha value is -1.87. The van der Waals surface area contributed by atoms with Crippen molar-refractivity contribution in [2.45, 2.75) is 38.0 Å². The molecular weight excluding hydrogens is 406 g/mol. The van der Waals surface area contributed by atoms with Crippen LogP contribution >= 0.6 is 11.6 Å². The number of hydrogen-bond acceptors (Lipinski definition) is 5. The highest BCUT2D eigenvalue weighted by atomic mass is 35.5. The van der Waals surface area contributed by atoms with Gasteiger partial charge in [0, 0.05) is 42.9 Å². The number of halogens is 1. The highest BCUT2D eigenvalue weighted by Crippen LogP contribution is 2.18. The molecule has 30 heavy (non-hydrogen) atoms. The molecular formula is C21H32ClN5O3. The van der Waals surface area contributed by atoms with Crippen LogP contribution in [-0.2, 0) is 4.79 Å². The van der Waals surface area contributed by atoms with Gasteiger partial charge in [0.15, 0.2) is 0 Å². The Bertz CT molecular complexity index is 714. The predicted molar refractivity (Wildman–Crippen MR) is 118 cm³/mol. The van der Waals surface area contributed by atoms with Crippen LogP contribution in [0.5, 0.6) is 0 Å². The molecule has 2 saturated heterocycles. The van der Waals surface area contributed by atoms with Crippen LogP contribution in [0.1, 0.15) is 19.8 Å². The molecule has 2 atom stereocenters. The van der Waals surface area contributed by atoms with Crippen LogP contribution in [0.4, 0.5) is 10.5 Å². The summed E-state index contributed by atoms with van der Waals surface area (Å²) in [7, 11) is 2.15. The van der Waals surface area contributed by atoms with E-state index in [9.17, 15) is 14.7 Å². The molecule has 0 spiro atoms. The molecule has 2 aliphatic rings. The Kier molecular flexibility index (Phi) is 7.93. The summed E-state index contributed by atoms with van der Waals surface area (Å²) < 4.78 is 0. The first-order valence-corrected chi connectivity index (χ1v) is 10.9. The largest absolute Gasteiger partial charge is 0.391 e. The van der Waals surface area contributed by atoms with Crippen molar-refractivity contribution in [3.63, 3.8) is 0 Å². The number of likely N-dealkylation sites (tertiary alicyclic amines) is 1. The van der Waals surface area contributed by atoms with E-state index in [1.165, 1.54) is 6.92 Å². The van der Waals surface area contributed by atoms with E-state index >= 15 is 0 Å². The van der Waals surface area contributed by atoms with E-state index in [-0.39, 0.29) is 5.91 Å². The van der Waals surface area contributed by atoms with Crippen molar-refractivity contribution in [1.29, 1.82) is 0 Å². The zero-order valence-corrected chi connectivity index (χ0v) is 18.4. The van der Waals surface area contributed by atoms with Crippen LogP contribution in [-0.4, -0.2) is 96.2 Å². The standard InChI is InChI=1S/C21H32ClN5O3/c1-15(28)19(24-21(30)23-17-5-3-16(22)4-6-17)20(29)27-13-11-26(12-14-27)18-7-9-25(2)10-8-18/h3-6,15,18-19,28H,7-14H2,1-2H3,(H2,23,24,30). The summed E-state index contributed by atoms with van der Waals surface area (Å²) in [5.41, 5.74) is 0.556. The number of piperidine rings is 1. The van der Waals surface area contributed by atoms with Gasteiger partial charge in [0.05, 0.1) is 6.10 Å². The smallest absolute Gasteiger partial charge is 0.319 e. The number of amides is 3. The van der Waals surface area contributed by atoms with Gasteiger partial charge in [-0.1, -0.05) is 11.6 Å². The van der Waals surface area contributed by atoms with Gasteiger partial charge in [-0.2, -0.15) is 0 Å². The quantitative estimate of drug-likeness (QED) is 0.649. The van der Waals surface area contributed by atoms with Crippen molar-refractivity contribution < 1.29 is 14.7 Å². The minimum Gasteiger partial charge on any atom is -0.391 e. The number of hydrogen-bond donors (Lipinski definition) is 3. The number of nitrogens with zero attached hydrogens (tertiary/aromatic N) is 3. The molecule has 2 fully saturated rings. The van der Waals surface area contributed by atoms with Crippen molar-refractivity contribution in [2.24, 2.45) is 0 Å². The minimum atomic E-state index is -1.000. The number of anilines is 1. The van der Waals surface area contributed by atoms with Gasteiger partial charge in [0.2, 0.25) is 5.91 Å². The molecule has 1 aromatic rings. The molecule has 0 aliphatic carbocycles. The summed E-state index contributed by atoms with van der Waals surface area (Å²) in [6, 6.07) is 5.71. The van der Waals surface area contributed by atoms with Gasteiger partial charge in [0.1, 0.15) is 6.04 Å². The van der Waals surface area contributed by atoms with Crippen LogP contribution in [0.25, 0.3) is 0 Å². The van der Waals surface area contributed by atoms with Gasteiger partial charge in [-0.25, -0.2) is 4.79 Å². The average Bonchev–Trinajstić information content (AvgIpc) is 2.74. The Morgan fingerprint density at radius 2 is 1.67 bits per heavy atom. The van der Waals surface area contributed by atoms with Crippen molar-refractivity contribution in [3.8, 4) is 0 Å². The second-order valence-corrected chi connectivity index (χ2v) is 8.66. The molecule has 3 rings (SSSR count). The second-order valence-electron chi connectivity index (χ2n) is 8.22. The lowest BCUT2D eigenvalue weighted by atomic mass is 10.0. The number of carbonyl (C=O) groups is 2. The van der Waals surface area contributed by atoms with E-state index in [0.29, 0.717) is 29.8 Å². The highest BCUT2D eigenvalue weighted by Gasteiger charge is 2.33. The maximum Gasteiger partial charge on any atom is 0.319 e. The maximum absolute atomic E-state index is 13.0. The number of nitrogens with one attached hydrogen (secondary N) is 2. The topological polar surface area (TPSA) is 88.1 Å². The molecule has 3 N–H and O–H groups in total. The Labute approximate surface area is 183 Å². The van der Waals surface area contributed by atoms with E-state index in [2.05, 4.69) is 27.5 Å². The van der Waals surface area contributed by atoms with Gasteiger partial charge < -0.3 is 25.5 Å². The van der Waals surface area contributed by atoms with Crippen molar-refractivity contribution in [2.75, 3.05) is 51.6 Å². The van der Waals surface area contributed by atoms with Crippen molar-refractivity contribution in [1.82, 2.24) is 20.0 Å². The van der Waals surface area contributed by atoms with Gasteiger partial charge in [-0.05, 0) is 64.2 Å². The summed E-state index contributed by atoms with van der Waals surface area (Å²) in [6.07, 6.45) is 1.32. The number of benzene rings is 1. The molecule has 9 heteroatoms. The van der Waals surface area contributed by atoms with Crippen molar-refractivity contribution >= 4 is 29.2 Å². The molecule has 8 nitrogen and oxygen atoms in total. The van der Waals surface area contributed by atoms with Crippen LogP contribution in [0.3, 0.4) is 0 Å². The monoisotopic (exact) mass is 437 g/mol. The molecule has 0 radical (unpaired) electrons. The number of rotatable bonds is 5. The fraction of sp³-hybridized carbons (Fsp3) is 0.619. The highest BCUT2D eigenvalue weighted by molar-refractivity contribution is 6.30. The first kappa shape index (κ1) is 22.8. The Morgan fingerprint density at radius 3 is 2.23 bits per heavy atom. The first-order chi connectivity index (χ1) is 14.3.